The number of fused-ring (bicyclic) bond motifs is 2. The summed E-state index contributed by atoms with van der Waals surface area (Å²) in [6.07, 6.45) is 5.23. The summed E-state index contributed by atoms with van der Waals surface area (Å²) in [7, 11) is -3.14. The van der Waals surface area contributed by atoms with Crippen LogP contribution in [0.4, 0.5) is 8.78 Å². The van der Waals surface area contributed by atoms with E-state index < -0.39 is 21.7 Å². The molecule has 1 aliphatic heterocycles. The topological polar surface area (TPSA) is 75.5 Å². The van der Waals surface area contributed by atoms with Crippen LogP contribution in [0.1, 0.15) is 29.2 Å². The number of aromatic nitrogens is 2. The van der Waals surface area contributed by atoms with Gasteiger partial charge in [-0.15, -0.1) is 11.3 Å². The van der Waals surface area contributed by atoms with E-state index in [1.165, 1.54) is 50.7 Å². The highest BCUT2D eigenvalue weighted by Crippen LogP contribution is 2.33. The zero-order valence-electron chi connectivity index (χ0n) is 21.4. The van der Waals surface area contributed by atoms with Crippen LogP contribution in [-0.4, -0.2) is 59.6 Å². The summed E-state index contributed by atoms with van der Waals surface area (Å²) >= 11 is 1.21. The maximum atomic E-state index is 13.7. The summed E-state index contributed by atoms with van der Waals surface area (Å²) in [6.45, 7) is 3.24. The molecule has 0 spiro atoms. The molecule has 11 heteroatoms. The van der Waals surface area contributed by atoms with Crippen LogP contribution in [0.3, 0.4) is 0 Å². The third-order valence-electron chi connectivity index (χ3n) is 7.68. The Morgan fingerprint density at radius 1 is 1.00 bits per heavy atom. The Morgan fingerprint density at radius 2 is 1.74 bits per heavy atom. The van der Waals surface area contributed by atoms with Crippen LogP contribution in [0.25, 0.3) is 20.7 Å². The van der Waals surface area contributed by atoms with E-state index in [1.807, 2.05) is 0 Å². The summed E-state index contributed by atoms with van der Waals surface area (Å²) in [6, 6.07) is 11.5. The molecule has 6 rings (SSSR count). The van der Waals surface area contributed by atoms with Gasteiger partial charge in [0.15, 0.2) is 0 Å². The quantitative estimate of drug-likeness (QED) is 0.360. The molecule has 2 aromatic carbocycles. The van der Waals surface area contributed by atoms with Crippen LogP contribution < -0.4 is 5.56 Å². The number of hydrogen-bond acceptors (Lipinski definition) is 6. The lowest BCUT2D eigenvalue weighted by molar-refractivity contribution is 0.182. The zero-order chi connectivity index (χ0) is 27.3. The van der Waals surface area contributed by atoms with Crippen molar-refractivity contribution in [3.05, 3.63) is 87.5 Å². The summed E-state index contributed by atoms with van der Waals surface area (Å²) in [5.41, 5.74) is 4.49. The van der Waals surface area contributed by atoms with Crippen LogP contribution in [0.2, 0.25) is 0 Å². The predicted octanol–water partition coefficient (Wildman–Crippen LogP) is 4.21. The molecule has 0 amide bonds. The molecule has 0 unspecified atom stereocenters. The van der Waals surface area contributed by atoms with Gasteiger partial charge in [-0.05, 0) is 59.7 Å². The number of sulfonamides is 1. The van der Waals surface area contributed by atoms with Crippen molar-refractivity contribution in [3.8, 4) is 10.4 Å². The van der Waals surface area contributed by atoms with Gasteiger partial charge >= 0.3 is 0 Å². The molecule has 7 nitrogen and oxygen atoms in total. The summed E-state index contributed by atoms with van der Waals surface area (Å²) in [5.74, 6) is -1.32. The van der Waals surface area contributed by atoms with E-state index in [4.69, 9.17) is 0 Å². The first-order chi connectivity index (χ1) is 18.6. The first-order valence-electron chi connectivity index (χ1n) is 12.9. The van der Waals surface area contributed by atoms with Gasteiger partial charge in [0.1, 0.15) is 16.3 Å². The molecule has 1 saturated heterocycles. The molecule has 204 valence electrons. The number of nitrogens with zero attached hydrogens (tertiary/aromatic N) is 4. The Labute approximate surface area is 229 Å². The smallest absolute Gasteiger partial charge is 0.271 e. The van der Waals surface area contributed by atoms with E-state index in [-0.39, 0.29) is 11.6 Å². The highest BCUT2D eigenvalue weighted by molar-refractivity contribution is 7.88. The SMILES string of the molecule is CS(=O)(=O)N1CCN(Cc2ccc3c(c2)CC[C@H](n2cnc4cc(-c5cc(F)cc(F)c5)sc4c2=O)C3)CC1. The van der Waals surface area contributed by atoms with E-state index >= 15 is 0 Å². The lowest BCUT2D eigenvalue weighted by Crippen LogP contribution is -2.47. The van der Waals surface area contributed by atoms with Gasteiger partial charge in [0.05, 0.1) is 18.1 Å². The van der Waals surface area contributed by atoms with Crippen LogP contribution in [0, 0.1) is 11.6 Å². The molecular formula is C28H28F2N4O3S2. The summed E-state index contributed by atoms with van der Waals surface area (Å²) in [5, 5.41) is 0. The maximum Gasteiger partial charge on any atom is 0.271 e. The van der Waals surface area contributed by atoms with Crippen molar-refractivity contribution in [2.45, 2.75) is 31.8 Å². The minimum absolute atomic E-state index is 0.0195. The first kappa shape index (κ1) is 26.2. The van der Waals surface area contributed by atoms with E-state index in [1.54, 1.807) is 17.0 Å². The fourth-order valence-electron chi connectivity index (χ4n) is 5.63. The number of thiophene rings is 1. The van der Waals surface area contributed by atoms with Gasteiger partial charge in [0.25, 0.3) is 5.56 Å². The van der Waals surface area contributed by atoms with Crippen molar-refractivity contribution in [1.82, 2.24) is 18.8 Å². The number of hydrogen-bond donors (Lipinski definition) is 0. The molecule has 39 heavy (non-hydrogen) atoms. The van der Waals surface area contributed by atoms with E-state index in [0.717, 1.165) is 31.9 Å². The second-order valence-electron chi connectivity index (χ2n) is 10.4. The second kappa shape index (κ2) is 10.2. The number of halogens is 2. The molecule has 1 aliphatic carbocycles. The van der Waals surface area contributed by atoms with Gasteiger partial charge in [-0.3, -0.25) is 14.3 Å². The van der Waals surface area contributed by atoms with E-state index in [0.29, 0.717) is 46.8 Å². The van der Waals surface area contributed by atoms with Crippen LogP contribution in [0.5, 0.6) is 0 Å². The molecule has 0 saturated carbocycles. The molecule has 1 atom stereocenters. The molecule has 1 fully saturated rings. The normalized spacial score (nSPS) is 18.9. The minimum atomic E-state index is -3.14. The second-order valence-corrected chi connectivity index (χ2v) is 13.4. The Kier molecular flexibility index (Phi) is 6.86. The Bertz CT molecular complexity index is 1710. The Balaban J connectivity index is 1.18. The lowest BCUT2D eigenvalue weighted by atomic mass is 9.87. The standard InChI is InChI=1S/C28H28F2N4O3S2/c1-39(36,37)33-8-6-32(7-9-33)16-18-2-3-20-13-24(5-4-19(20)10-18)34-17-31-25-15-26(38-27(25)28(34)35)21-11-22(29)14-23(30)12-21/h2-3,10-12,14-15,17,24H,4-9,13,16H2,1H3/t24-/m0/s1. The largest absolute Gasteiger partial charge is 0.296 e. The predicted molar refractivity (Wildman–Crippen MR) is 148 cm³/mol. The molecule has 0 N–H and O–H groups in total. The number of benzene rings is 2. The summed E-state index contributed by atoms with van der Waals surface area (Å²) in [4.78, 5) is 20.8. The third-order valence-corrected chi connectivity index (χ3v) is 10.1. The van der Waals surface area contributed by atoms with E-state index in [9.17, 15) is 22.0 Å². The van der Waals surface area contributed by atoms with Gasteiger partial charge < -0.3 is 0 Å². The van der Waals surface area contributed by atoms with Gasteiger partial charge in [-0.1, -0.05) is 18.2 Å². The molecule has 0 radical (unpaired) electrons. The van der Waals surface area contributed by atoms with E-state index in [2.05, 4.69) is 28.1 Å². The monoisotopic (exact) mass is 570 g/mol. The lowest BCUT2D eigenvalue weighted by Gasteiger charge is -2.33. The maximum absolute atomic E-state index is 13.7. The van der Waals surface area contributed by atoms with Gasteiger partial charge in [-0.2, -0.15) is 4.31 Å². The molecule has 2 aliphatic rings. The highest BCUT2D eigenvalue weighted by atomic mass is 32.2. The fourth-order valence-corrected chi connectivity index (χ4v) is 7.49. The van der Waals surface area contributed by atoms with Crippen molar-refractivity contribution in [2.24, 2.45) is 0 Å². The number of aryl methyl sites for hydroxylation is 1. The van der Waals surface area contributed by atoms with Crippen LogP contribution in [0.15, 0.2) is 53.6 Å². The molecule has 4 aromatic rings. The van der Waals surface area contributed by atoms with Crippen molar-refractivity contribution in [3.63, 3.8) is 0 Å². The highest BCUT2D eigenvalue weighted by Gasteiger charge is 2.25. The van der Waals surface area contributed by atoms with Crippen molar-refractivity contribution in [1.29, 1.82) is 0 Å². The average Bonchev–Trinajstić information content (AvgIpc) is 3.34. The number of rotatable bonds is 5. The van der Waals surface area contributed by atoms with Crippen molar-refractivity contribution in [2.75, 3.05) is 32.4 Å². The molecule has 3 heterocycles. The molecule has 0 bridgehead atoms. The van der Waals surface area contributed by atoms with Crippen molar-refractivity contribution < 1.29 is 17.2 Å². The minimum Gasteiger partial charge on any atom is -0.296 e. The van der Waals surface area contributed by atoms with Gasteiger partial charge in [-0.25, -0.2) is 22.2 Å². The fraction of sp³-hybridized carbons (Fsp3) is 0.357. The van der Waals surface area contributed by atoms with Crippen LogP contribution >= 0.6 is 11.3 Å². The van der Waals surface area contributed by atoms with Crippen molar-refractivity contribution >= 4 is 31.6 Å². The third kappa shape index (κ3) is 5.41. The first-order valence-corrected chi connectivity index (χ1v) is 15.6. The van der Waals surface area contributed by atoms with Crippen LogP contribution in [-0.2, 0) is 29.4 Å². The van der Waals surface area contributed by atoms with Gasteiger partial charge in [0.2, 0.25) is 10.0 Å². The summed E-state index contributed by atoms with van der Waals surface area (Å²) < 4.78 is 54.7. The average molecular weight is 571 g/mol. The molecular weight excluding hydrogens is 542 g/mol. The Morgan fingerprint density at radius 3 is 2.46 bits per heavy atom. The zero-order valence-corrected chi connectivity index (χ0v) is 23.1. The molecule has 2 aromatic heterocycles. The van der Waals surface area contributed by atoms with Gasteiger partial charge in [0, 0.05) is 49.7 Å². The Hall–Kier alpha value is -2.99. The number of piperazine rings is 1.